The number of halogens is 6. The quantitative estimate of drug-likeness (QED) is 0.206. The smallest absolute Gasteiger partial charge is 0.410 e. The molecule has 3 aromatic rings. The lowest BCUT2D eigenvalue weighted by atomic mass is 9.84. The van der Waals surface area contributed by atoms with Gasteiger partial charge in [0.05, 0.1) is 22.2 Å². The van der Waals surface area contributed by atoms with Crippen LogP contribution in [0.2, 0.25) is 5.02 Å². The molecule has 0 aliphatic carbocycles. The van der Waals surface area contributed by atoms with Gasteiger partial charge in [0.1, 0.15) is 12.4 Å². The van der Waals surface area contributed by atoms with E-state index in [4.69, 9.17) is 21.1 Å². The van der Waals surface area contributed by atoms with Crippen molar-refractivity contribution in [1.82, 2.24) is 20.0 Å². The summed E-state index contributed by atoms with van der Waals surface area (Å²) in [5.41, 5.74) is -1.22. The molecule has 256 valence electrons. The minimum Gasteiger partial charge on any atom is -0.445 e. The molecule has 2 amide bonds. The van der Waals surface area contributed by atoms with E-state index in [2.05, 4.69) is 10.4 Å². The first kappa shape index (κ1) is 36.0. The molecular formula is C33H38ClF5N4O4. The van der Waals surface area contributed by atoms with Crippen LogP contribution in [0.25, 0.3) is 11.3 Å². The Labute approximate surface area is 275 Å². The Morgan fingerprint density at radius 1 is 1.09 bits per heavy atom. The summed E-state index contributed by atoms with van der Waals surface area (Å²) >= 11 is 6.65. The second-order valence-electron chi connectivity index (χ2n) is 12.3. The molecule has 47 heavy (non-hydrogen) atoms. The summed E-state index contributed by atoms with van der Waals surface area (Å²) in [6.07, 6.45) is -4.06. The molecule has 1 saturated heterocycles. The molecule has 1 N–H and O–H groups in total. The molecule has 2 atom stereocenters. The number of nitrogens with one attached hydrogen (secondary N) is 1. The van der Waals surface area contributed by atoms with Gasteiger partial charge < -0.3 is 19.7 Å². The standard InChI is InChI=1S/C33H38ClF5N4O4/c1-5-43-28(24-14-12-22(15-25(24)47-30(35)36)16-32(3,4)33(37,38)39)26(34)27(41-43)29(44)40-17-23-13-11-20(2)18-42(23)31(45)46-19-21-9-7-6-8-10-21/h6-10,12,14-15,20,23,30H,5,11,13,16-19H2,1-4H3,(H,40,44)/t20-,23-/m0/s1. The van der Waals surface area contributed by atoms with E-state index in [1.165, 1.54) is 16.8 Å². The van der Waals surface area contributed by atoms with Gasteiger partial charge in [-0.15, -0.1) is 0 Å². The summed E-state index contributed by atoms with van der Waals surface area (Å²) in [4.78, 5) is 28.0. The highest BCUT2D eigenvalue weighted by atomic mass is 35.5. The second-order valence-corrected chi connectivity index (χ2v) is 12.7. The van der Waals surface area contributed by atoms with E-state index in [1.807, 2.05) is 37.3 Å². The van der Waals surface area contributed by atoms with Crippen molar-refractivity contribution in [2.45, 2.75) is 78.9 Å². The fraction of sp³-hybridized carbons (Fsp3) is 0.485. The monoisotopic (exact) mass is 684 g/mol. The maximum Gasteiger partial charge on any atom is 0.410 e. The Morgan fingerprint density at radius 3 is 2.43 bits per heavy atom. The Kier molecular flexibility index (Phi) is 11.4. The third-order valence-corrected chi connectivity index (χ3v) is 8.58. The fourth-order valence-electron chi connectivity index (χ4n) is 5.49. The highest BCUT2D eigenvalue weighted by Gasteiger charge is 2.47. The number of rotatable bonds is 11. The van der Waals surface area contributed by atoms with Crippen LogP contribution in [0, 0.1) is 11.3 Å². The fourth-order valence-corrected chi connectivity index (χ4v) is 5.81. The van der Waals surface area contributed by atoms with Crippen LogP contribution in [0.1, 0.15) is 62.2 Å². The molecule has 8 nitrogen and oxygen atoms in total. The third kappa shape index (κ3) is 8.74. The van der Waals surface area contributed by atoms with Gasteiger partial charge in [-0.05, 0) is 55.4 Å². The van der Waals surface area contributed by atoms with Crippen LogP contribution in [-0.4, -0.2) is 58.6 Å². The molecule has 14 heteroatoms. The van der Waals surface area contributed by atoms with E-state index >= 15 is 0 Å². The SMILES string of the molecule is CCn1nc(C(=O)NC[C@@H]2CC[C@H](C)CN2C(=O)OCc2ccccc2)c(Cl)c1-c1ccc(CC(C)(C)C(F)(F)F)cc1OC(F)F. The van der Waals surface area contributed by atoms with Crippen LogP contribution in [0.3, 0.4) is 0 Å². The van der Waals surface area contributed by atoms with Gasteiger partial charge in [-0.25, -0.2) is 4.79 Å². The lowest BCUT2D eigenvalue weighted by Crippen LogP contribution is -2.51. The minimum atomic E-state index is -4.53. The van der Waals surface area contributed by atoms with Gasteiger partial charge in [0.2, 0.25) is 0 Å². The van der Waals surface area contributed by atoms with Crippen LogP contribution >= 0.6 is 11.6 Å². The number of ether oxygens (including phenoxy) is 2. The summed E-state index contributed by atoms with van der Waals surface area (Å²) in [5, 5.41) is 6.95. The predicted molar refractivity (Wildman–Crippen MR) is 166 cm³/mol. The summed E-state index contributed by atoms with van der Waals surface area (Å²) in [6, 6.07) is 12.7. The largest absolute Gasteiger partial charge is 0.445 e. The number of carbonyl (C=O) groups excluding carboxylic acids is 2. The molecule has 0 radical (unpaired) electrons. The first-order valence-corrected chi connectivity index (χ1v) is 15.7. The van der Waals surface area contributed by atoms with Crippen LogP contribution in [-0.2, 0) is 24.3 Å². The topological polar surface area (TPSA) is 85.7 Å². The number of alkyl halides is 5. The molecular weight excluding hydrogens is 647 g/mol. The molecule has 2 aromatic carbocycles. The van der Waals surface area contributed by atoms with Crippen LogP contribution < -0.4 is 10.1 Å². The lowest BCUT2D eigenvalue weighted by molar-refractivity contribution is -0.211. The number of nitrogens with zero attached hydrogens (tertiary/aromatic N) is 3. The molecule has 0 saturated carbocycles. The molecule has 1 aliphatic rings. The average Bonchev–Trinajstić information content (AvgIpc) is 3.34. The van der Waals surface area contributed by atoms with Crippen molar-refractivity contribution in [2.24, 2.45) is 11.3 Å². The van der Waals surface area contributed by atoms with Gasteiger partial charge in [0, 0.05) is 25.2 Å². The van der Waals surface area contributed by atoms with Crippen LogP contribution in [0.5, 0.6) is 5.75 Å². The number of aromatic nitrogens is 2. The number of amides is 2. The molecule has 0 bridgehead atoms. The van der Waals surface area contributed by atoms with Crippen LogP contribution in [0.15, 0.2) is 48.5 Å². The highest BCUT2D eigenvalue weighted by molar-refractivity contribution is 6.36. The van der Waals surface area contributed by atoms with E-state index in [-0.39, 0.29) is 59.2 Å². The molecule has 0 unspecified atom stereocenters. The third-order valence-electron chi connectivity index (χ3n) is 8.22. The number of piperidine rings is 1. The summed E-state index contributed by atoms with van der Waals surface area (Å²) in [7, 11) is 0. The van der Waals surface area contributed by atoms with Gasteiger partial charge in [0.15, 0.2) is 5.69 Å². The Balaban J connectivity index is 1.54. The maximum atomic E-state index is 13.5. The first-order chi connectivity index (χ1) is 22.1. The Bertz CT molecular complexity index is 1550. The molecule has 0 spiro atoms. The number of likely N-dealkylation sites (tertiary alicyclic amines) is 1. The first-order valence-electron chi connectivity index (χ1n) is 15.3. The van der Waals surface area contributed by atoms with Crippen molar-refractivity contribution in [3.63, 3.8) is 0 Å². The Hall–Kier alpha value is -3.87. The van der Waals surface area contributed by atoms with Crippen molar-refractivity contribution >= 4 is 23.6 Å². The van der Waals surface area contributed by atoms with Crippen molar-refractivity contribution in [1.29, 1.82) is 0 Å². The lowest BCUT2D eigenvalue weighted by Gasteiger charge is -2.37. The predicted octanol–water partition coefficient (Wildman–Crippen LogP) is 8.12. The van der Waals surface area contributed by atoms with Crippen molar-refractivity contribution in [2.75, 3.05) is 13.1 Å². The van der Waals surface area contributed by atoms with Crippen LogP contribution in [0.4, 0.5) is 26.7 Å². The van der Waals surface area contributed by atoms with E-state index in [0.29, 0.717) is 13.0 Å². The zero-order valence-electron chi connectivity index (χ0n) is 26.5. The van der Waals surface area contributed by atoms with E-state index in [9.17, 15) is 31.5 Å². The molecule has 1 aliphatic heterocycles. The van der Waals surface area contributed by atoms with Gasteiger partial charge in [-0.1, -0.05) is 68.8 Å². The Morgan fingerprint density at radius 2 is 1.79 bits per heavy atom. The van der Waals surface area contributed by atoms with Gasteiger partial charge >= 0.3 is 18.9 Å². The van der Waals surface area contributed by atoms with Crippen molar-refractivity contribution < 1.29 is 41.0 Å². The zero-order chi connectivity index (χ0) is 34.5. The highest BCUT2D eigenvalue weighted by Crippen LogP contribution is 2.43. The van der Waals surface area contributed by atoms with E-state index in [1.54, 1.807) is 11.8 Å². The number of carbonyl (C=O) groups is 2. The zero-order valence-corrected chi connectivity index (χ0v) is 27.3. The van der Waals surface area contributed by atoms with Gasteiger partial charge in [0.25, 0.3) is 5.91 Å². The summed E-state index contributed by atoms with van der Waals surface area (Å²) < 4.78 is 79.1. The second kappa shape index (κ2) is 14.9. The normalized spacial score (nSPS) is 17.1. The molecule has 2 heterocycles. The summed E-state index contributed by atoms with van der Waals surface area (Å²) in [5.74, 6) is -0.821. The van der Waals surface area contributed by atoms with E-state index < -0.39 is 42.4 Å². The number of aryl methyl sites for hydroxylation is 1. The van der Waals surface area contributed by atoms with Gasteiger partial charge in [-0.2, -0.15) is 27.1 Å². The number of hydrogen-bond donors (Lipinski definition) is 1. The molecule has 4 rings (SSSR count). The van der Waals surface area contributed by atoms with Crippen molar-refractivity contribution in [3.8, 4) is 17.0 Å². The number of hydrogen-bond acceptors (Lipinski definition) is 5. The molecule has 1 aromatic heterocycles. The van der Waals surface area contributed by atoms with E-state index in [0.717, 1.165) is 31.9 Å². The molecule has 1 fully saturated rings. The summed E-state index contributed by atoms with van der Waals surface area (Å²) in [6.45, 7) is 3.31. The van der Waals surface area contributed by atoms with Crippen molar-refractivity contribution in [3.05, 3.63) is 70.4 Å². The average molecular weight is 685 g/mol. The maximum absolute atomic E-state index is 13.5. The minimum absolute atomic E-state index is 0.0332. The van der Waals surface area contributed by atoms with Gasteiger partial charge in [-0.3, -0.25) is 9.48 Å². The number of benzene rings is 2.